The van der Waals surface area contributed by atoms with Crippen molar-refractivity contribution in [3.05, 3.63) is 59.4 Å². The van der Waals surface area contributed by atoms with Crippen LogP contribution in [0, 0.1) is 11.6 Å². The molecule has 6 heteroatoms. The smallest absolute Gasteiger partial charge is 0.354 e. The number of hydrogen-bond acceptors (Lipinski definition) is 3. The fourth-order valence-corrected chi connectivity index (χ4v) is 1.45. The second-order valence-corrected chi connectivity index (χ2v) is 3.66. The van der Waals surface area contributed by atoms with Gasteiger partial charge in [0.05, 0.1) is 5.69 Å². The van der Waals surface area contributed by atoms with Gasteiger partial charge < -0.3 is 9.84 Å². The number of hydrogen-bond donors (Lipinski definition) is 1. The van der Waals surface area contributed by atoms with Crippen LogP contribution < -0.4 is 4.74 Å². The van der Waals surface area contributed by atoms with Gasteiger partial charge in [0.25, 0.3) is 0 Å². The van der Waals surface area contributed by atoms with Crippen LogP contribution in [-0.4, -0.2) is 16.1 Å². The third kappa shape index (κ3) is 3.04. The summed E-state index contributed by atoms with van der Waals surface area (Å²) in [6.07, 6.45) is 0. The fraction of sp³-hybridized carbons (Fsp3) is 0.0769. The van der Waals surface area contributed by atoms with Crippen LogP contribution in [0.3, 0.4) is 0 Å². The minimum atomic E-state index is -1.18. The maximum absolute atomic E-state index is 13.3. The second kappa shape index (κ2) is 5.43. The predicted octanol–water partition coefficient (Wildman–Crippen LogP) is 2.64. The first-order chi connectivity index (χ1) is 9.08. The molecule has 0 aliphatic carbocycles. The van der Waals surface area contributed by atoms with Crippen LogP contribution in [0.1, 0.15) is 16.2 Å². The van der Waals surface area contributed by atoms with Crippen molar-refractivity contribution >= 4 is 5.97 Å². The molecule has 98 valence electrons. The molecule has 0 unspecified atom stereocenters. The first-order valence-corrected chi connectivity index (χ1v) is 5.34. The van der Waals surface area contributed by atoms with Gasteiger partial charge >= 0.3 is 5.97 Å². The van der Waals surface area contributed by atoms with Crippen molar-refractivity contribution in [1.82, 2.24) is 4.98 Å². The number of para-hydroxylation sites is 1. The largest absolute Gasteiger partial charge is 0.481 e. The van der Waals surface area contributed by atoms with E-state index in [1.54, 1.807) is 0 Å². The van der Waals surface area contributed by atoms with Crippen LogP contribution in [0.5, 0.6) is 5.75 Å². The van der Waals surface area contributed by atoms with Crippen LogP contribution >= 0.6 is 0 Å². The molecule has 0 radical (unpaired) electrons. The van der Waals surface area contributed by atoms with Crippen molar-refractivity contribution in [2.24, 2.45) is 0 Å². The first kappa shape index (κ1) is 12.9. The Balaban J connectivity index is 2.15. The lowest BCUT2D eigenvalue weighted by Crippen LogP contribution is -2.06. The molecule has 4 nitrogen and oxygen atoms in total. The summed E-state index contributed by atoms with van der Waals surface area (Å²) < 4.78 is 31.5. The summed E-state index contributed by atoms with van der Waals surface area (Å²) >= 11 is 0. The molecule has 0 atom stereocenters. The molecule has 19 heavy (non-hydrogen) atoms. The van der Waals surface area contributed by atoms with Gasteiger partial charge in [-0.25, -0.2) is 18.6 Å². The highest BCUT2D eigenvalue weighted by Crippen LogP contribution is 2.21. The van der Waals surface area contributed by atoms with E-state index in [0.29, 0.717) is 0 Å². The zero-order valence-electron chi connectivity index (χ0n) is 9.64. The highest BCUT2D eigenvalue weighted by Gasteiger charge is 2.11. The molecule has 2 rings (SSSR count). The summed E-state index contributed by atoms with van der Waals surface area (Å²) in [5.74, 6) is -3.34. The summed E-state index contributed by atoms with van der Waals surface area (Å²) in [6.45, 7) is -0.223. The van der Waals surface area contributed by atoms with Crippen LogP contribution in [0.4, 0.5) is 8.78 Å². The van der Waals surface area contributed by atoms with Gasteiger partial charge in [-0.05, 0) is 24.3 Å². The molecule has 0 aliphatic heterocycles. The van der Waals surface area contributed by atoms with Gasteiger partial charge in [-0.2, -0.15) is 0 Å². The molecule has 1 heterocycles. The highest BCUT2D eigenvalue weighted by atomic mass is 19.1. The van der Waals surface area contributed by atoms with Gasteiger partial charge in [0, 0.05) is 0 Å². The van der Waals surface area contributed by atoms with E-state index in [1.807, 2.05) is 0 Å². The van der Waals surface area contributed by atoms with Crippen LogP contribution in [0.2, 0.25) is 0 Å². The maximum Gasteiger partial charge on any atom is 0.354 e. The summed E-state index contributed by atoms with van der Waals surface area (Å²) in [5.41, 5.74) is 0.109. The molecule has 2 aromatic rings. The molecule has 0 saturated carbocycles. The molecule has 0 bridgehead atoms. The zero-order chi connectivity index (χ0) is 13.8. The monoisotopic (exact) mass is 265 g/mol. The van der Waals surface area contributed by atoms with Crippen molar-refractivity contribution < 1.29 is 23.4 Å². The Hall–Kier alpha value is -2.50. The number of benzene rings is 1. The third-order valence-electron chi connectivity index (χ3n) is 2.31. The number of carboxylic acids is 1. The number of ether oxygens (including phenoxy) is 1. The number of pyridine rings is 1. The Morgan fingerprint density at radius 1 is 1.16 bits per heavy atom. The summed E-state index contributed by atoms with van der Waals surface area (Å²) in [5, 5.41) is 8.76. The summed E-state index contributed by atoms with van der Waals surface area (Å²) in [6, 6.07) is 7.66. The average Bonchev–Trinajstić information content (AvgIpc) is 2.38. The lowest BCUT2D eigenvalue weighted by molar-refractivity contribution is 0.0690. The molecular formula is C13H9F2NO3. The molecule has 0 fully saturated rings. The van der Waals surface area contributed by atoms with E-state index in [4.69, 9.17) is 9.84 Å². The van der Waals surface area contributed by atoms with Crippen LogP contribution in [0.25, 0.3) is 0 Å². The highest BCUT2D eigenvalue weighted by molar-refractivity contribution is 5.85. The predicted molar refractivity (Wildman–Crippen MR) is 61.9 cm³/mol. The first-order valence-electron chi connectivity index (χ1n) is 5.34. The Bertz CT molecular complexity index is 596. The van der Waals surface area contributed by atoms with E-state index in [2.05, 4.69) is 4.98 Å². The van der Waals surface area contributed by atoms with Gasteiger partial charge in [-0.1, -0.05) is 12.1 Å². The molecule has 0 aliphatic rings. The van der Waals surface area contributed by atoms with Gasteiger partial charge in [-0.15, -0.1) is 0 Å². The molecule has 0 spiro atoms. The number of aromatic carboxylic acids is 1. The fourth-order valence-electron chi connectivity index (χ4n) is 1.45. The second-order valence-electron chi connectivity index (χ2n) is 3.66. The Labute approximate surface area is 107 Å². The van der Waals surface area contributed by atoms with Gasteiger partial charge in [0.15, 0.2) is 17.4 Å². The molecule has 1 N–H and O–H groups in total. The van der Waals surface area contributed by atoms with E-state index in [-0.39, 0.29) is 18.0 Å². The molecule has 1 aromatic heterocycles. The van der Waals surface area contributed by atoms with Gasteiger partial charge in [0.2, 0.25) is 0 Å². The van der Waals surface area contributed by atoms with Crippen LogP contribution in [0.15, 0.2) is 36.4 Å². The average molecular weight is 265 g/mol. The normalized spacial score (nSPS) is 10.2. The lowest BCUT2D eigenvalue weighted by Gasteiger charge is -2.07. The molecule has 0 amide bonds. The Kier molecular flexibility index (Phi) is 3.70. The summed E-state index contributed by atoms with van der Waals surface area (Å²) in [7, 11) is 0. The summed E-state index contributed by atoms with van der Waals surface area (Å²) in [4.78, 5) is 14.5. The standard InChI is InChI=1S/C13H9F2NO3/c14-9-4-2-5-10(15)12(9)19-7-8-3-1-6-11(16-8)13(17)18/h1-6H,7H2,(H,17,18). The van der Waals surface area contributed by atoms with Crippen molar-refractivity contribution in [3.8, 4) is 5.75 Å². The number of carbonyl (C=O) groups is 1. The number of nitrogens with zero attached hydrogens (tertiary/aromatic N) is 1. The number of carboxylic acid groups (broad SMARTS) is 1. The van der Waals surface area contributed by atoms with E-state index in [0.717, 1.165) is 12.1 Å². The quantitative estimate of drug-likeness (QED) is 0.923. The molecular weight excluding hydrogens is 256 g/mol. The Morgan fingerprint density at radius 3 is 2.42 bits per heavy atom. The number of halogens is 2. The Morgan fingerprint density at radius 2 is 1.79 bits per heavy atom. The minimum absolute atomic E-state index is 0.157. The van der Waals surface area contributed by atoms with Crippen molar-refractivity contribution in [2.75, 3.05) is 0 Å². The number of aromatic nitrogens is 1. The maximum atomic E-state index is 13.3. The van der Waals surface area contributed by atoms with E-state index in [1.165, 1.54) is 24.3 Å². The van der Waals surface area contributed by atoms with Crippen molar-refractivity contribution in [2.45, 2.75) is 6.61 Å². The van der Waals surface area contributed by atoms with Crippen molar-refractivity contribution in [3.63, 3.8) is 0 Å². The van der Waals surface area contributed by atoms with Crippen LogP contribution in [-0.2, 0) is 6.61 Å². The topological polar surface area (TPSA) is 59.4 Å². The minimum Gasteiger partial charge on any atom is -0.481 e. The lowest BCUT2D eigenvalue weighted by atomic mass is 10.3. The molecule has 1 aromatic carbocycles. The van der Waals surface area contributed by atoms with Crippen molar-refractivity contribution in [1.29, 1.82) is 0 Å². The van der Waals surface area contributed by atoms with Gasteiger partial charge in [0.1, 0.15) is 12.3 Å². The van der Waals surface area contributed by atoms with E-state index < -0.39 is 23.4 Å². The SMILES string of the molecule is O=C(O)c1cccc(COc2c(F)cccc2F)n1. The number of rotatable bonds is 4. The van der Waals surface area contributed by atoms with E-state index in [9.17, 15) is 13.6 Å². The molecule has 0 saturated heterocycles. The van der Waals surface area contributed by atoms with E-state index >= 15 is 0 Å². The van der Waals surface area contributed by atoms with Gasteiger partial charge in [-0.3, -0.25) is 0 Å². The third-order valence-corrected chi connectivity index (χ3v) is 2.31. The zero-order valence-corrected chi connectivity index (χ0v) is 9.64.